The molecule has 0 heterocycles. The molecule has 7 heteroatoms. The molecule has 0 saturated heterocycles. The molecule has 0 bridgehead atoms. The molecular formula is C16H9ClF3NO2. The number of carbonyl (C=O) groups excluding carboxylic acids is 1. The molecule has 0 fully saturated rings. The molecule has 2 rings (SSSR count). The lowest BCUT2D eigenvalue weighted by atomic mass is 10.1. The average molecular weight is 340 g/mol. The number of alkyl halides is 3. The zero-order valence-corrected chi connectivity index (χ0v) is 12.3. The number of ether oxygens (including phenoxy) is 1. The maximum absolute atomic E-state index is 12.8. The summed E-state index contributed by atoms with van der Waals surface area (Å²) in [7, 11) is 0. The molecule has 0 radical (unpaired) electrons. The first-order valence-electron chi connectivity index (χ1n) is 6.36. The van der Waals surface area contributed by atoms with E-state index >= 15 is 0 Å². The minimum atomic E-state index is -4.61. The first-order valence-corrected chi connectivity index (χ1v) is 6.74. The van der Waals surface area contributed by atoms with E-state index in [1.165, 1.54) is 18.2 Å². The number of aldehydes is 1. The predicted octanol–water partition coefficient (Wildman–Crippen LogP) is 4.76. The maximum atomic E-state index is 12.8. The molecule has 0 unspecified atom stereocenters. The van der Waals surface area contributed by atoms with E-state index in [1.807, 2.05) is 6.07 Å². The van der Waals surface area contributed by atoms with Crippen LogP contribution in [-0.2, 0) is 17.4 Å². The van der Waals surface area contributed by atoms with Gasteiger partial charge < -0.3 is 9.53 Å². The number of nitriles is 1. The van der Waals surface area contributed by atoms with Crippen LogP contribution in [0.15, 0.2) is 36.4 Å². The van der Waals surface area contributed by atoms with E-state index < -0.39 is 16.8 Å². The summed E-state index contributed by atoms with van der Waals surface area (Å²) in [5.74, 6) is -0.000965. The summed E-state index contributed by atoms with van der Waals surface area (Å²) in [5, 5.41) is 8.66. The molecule has 118 valence electrons. The topological polar surface area (TPSA) is 50.1 Å². The van der Waals surface area contributed by atoms with Gasteiger partial charge in [-0.3, -0.25) is 0 Å². The third-order valence-corrected chi connectivity index (χ3v) is 3.28. The number of rotatable bonds is 4. The van der Waals surface area contributed by atoms with E-state index in [0.717, 1.165) is 12.1 Å². The molecule has 3 nitrogen and oxygen atoms in total. The molecular weight excluding hydrogens is 331 g/mol. The van der Waals surface area contributed by atoms with Crippen molar-refractivity contribution in [2.24, 2.45) is 0 Å². The number of nitrogens with zero attached hydrogens (tertiary/aromatic N) is 1. The lowest BCUT2D eigenvalue weighted by Gasteiger charge is -2.12. The van der Waals surface area contributed by atoms with E-state index in [0.29, 0.717) is 11.8 Å². The molecule has 0 spiro atoms. The van der Waals surface area contributed by atoms with Crippen molar-refractivity contribution in [3.05, 3.63) is 58.1 Å². The van der Waals surface area contributed by atoms with Crippen LogP contribution in [0, 0.1) is 11.3 Å². The Labute approximate surface area is 134 Å². The van der Waals surface area contributed by atoms with Gasteiger partial charge in [-0.05, 0) is 35.9 Å². The van der Waals surface area contributed by atoms with E-state index in [-0.39, 0.29) is 23.5 Å². The Bertz CT molecular complexity index is 782. The Morgan fingerprint density at radius 2 is 1.96 bits per heavy atom. The highest BCUT2D eigenvalue weighted by Crippen LogP contribution is 2.38. The summed E-state index contributed by atoms with van der Waals surface area (Å²) in [6.07, 6.45) is -3.79. The third-order valence-electron chi connectivity index (χ3n) is 2.95. The normalized spacial score (nSPS) is 10.9. The SMILES string of the molecule is N#Cc1cc(CC=O)ccc1Oc1ccc(Cl)c(C(F)(F)F)c1. The Morgan fingerprint density at radius 1 is 1.22 bits per heavy atom. The van der Waals surface area contributed by atoms with Crippen LogP contribution in [-0.4, -0.2) is 6.29 Å². The van der Waals surface area contributed by atoms with E-state index in [1.54, 1.807) is 6.07 Å². The highest BCUT2D eigenvalue weighted by atomic mass is 35.5. The third kappa shape index (κ3) is 4.02. The largest absolute Gasteiger partial charge is 0.456 e. The molecule has 0 aromatic heterocycles. The standard InChI is InChI=1S/C16H9ClF3NO2/c17-14-3-2-12(8-13(14)16(18,19)20)23-15-4-1-10(5-6-22)7-11(15)9-21/h1-4,6-8H,5H2. The zero-order chi connectivity index (χ0) is 17.0. The minimum absolute atomic E-state index is 0.0950. The van der Waals surface area contributed by atoms with Gasteiger partial charge in [-0.1, -0.05) is 17.7 Å². The van der Waals surface area contributed by atoms with Crippen LogP contribution >= 0.6 is 11.6 Å². The Morgan fingerprint density at radius 3 is 2.57 bits per heavy atom. The summed E-state index contributed by atoms with van der Waals surface area (Å²) in [4.78, 5) is 10.5. The van der Waals surface area contributed by atoms with Crippen molar-refractivity contribution in [2.45, 2.75) is 12.6 Å². The van der Waals surface area contributed by atoms with Crippen molar-refractivity contribution in [2.75, 3.05) is 0 Å². The lowest BCUT2D eigenvalue weighted by molar-refractivity contribution is -0.137. The van der Waals surface area contributed by atoms with Gasteiger partial charge in [0, 0.05) is 6.42 Å². The van der Waals surface area contributed by atoms with Crippen LogP contribution in [0.3, 0.4) is 0 Å². The molecule has 0 amide bonds. The van der Waals surface area contributed by atoms with Crippen molar-refractivity contribution in [3.63, 3.8) is 0 Å². The van der Waals surface area contributed by atoms with Crippen molar-refractivity contribution >= 4 is 17.9 Å². The molecule has 2 aromatic carbocycles. The summed E-state index contributed by atoms with van der Waals surface area (Å²) < 4.78 is 43.8. The number of benzene rings is 2. The van der Waals surface area contributed by atoms with Gasteiger partial charge in [0.2, 0.25) is 0 Å². The summed E-state index contributed by atoms with van der Waals surface area (Å²) in [6, 6.07) is 9.44. The Kier molecular flexibility index (Phi) is 4.92. The summed E-state index contributed by atoms with van der Waals surface area (Å²) >= 11 is 5.54. The van der Waals surface area contributed by atoms with Crippen LogP contribution in [0.1, 0.15) is 16.7 Å². The second kappa shape index (κ2) is 6.71. The number of hydrogen-bond acceptors (Lipinski definition) is 3. The summed E-state index contributed by atoms with van der Waals surface area (Å²) in [5.41, 5.74) is -0.295. The van der Waals surface area contributed by atoms with Crippen LogP contribution in [0.5, 0.6) is 11.5 Å². The lowest BCUT2D eigenvalue weighted by Crippen LogP contribution is -2.06. The van der Waals surface area contributed by atoms with E-state index in [2.05, 4.69) is 0 Å². The Hall–Kier alpha value is -2.52. The van der Waals surface area contributed by atoms with Gasteiger partial charge >= 0.3 is 6.18 Å². The van der Waals surface area contributed by atoms with Gasteiger partial charge in [0.15, 0.2) is 0 Å². The van der Waals surface area contributed by atoms with Crippen molar-refractivity contribution in [1.82, 2.24) is 0 Å². The first kappa shape index (κ1) is 16.8. The first-order chi connectivity index (χ1) is 10.8. The monoisotopic (exact) mass is 339 g/mol. The minimum Gasteiger partial charge on any atom is -0.456 e. The Balaban J connectivity index is 2.36. The van der Waals surface area contributed by atoms with Crippen molar-refractivity contribution in [3.8, 4) is 17.6 Å². The number of halogens is 4. The van der Waals surface area contributed by atoms with Gasteiger partial charge in [-0.15, -0.1) is 0 Å². The molecule has 0 N–H and O–H groups in total. The van der Waals surface area contributed by atoms with Gasteiger partial charge in [-0.2, -0.15) is 18.4 Å². The van der Waals surface area contributed by atoms with Crippen LogP contribution < -0.4 is 4.74 Å². The van der Waals surface area contributed by atoms with Gasteiger partial charge in [0.1, 0.15) is 23.9 Å². The van der Waals surface area contributed by atoms with Crippen LogP contribution in [0.4, 0.5) is 13.2 Å². The van der Waals surface area contributed by atoms with Crippen LogP contribution in [0.2, 0.25) is 5.02 Å². The highest BCUT2D eigenvalue weighted by Gasteiger charge is 2.33. The molecule has 0 aliphatic carbocycles. The van der Waals surface area contributed by atoms with Gasteiger partial charge in [0.05, 0.1) is 16.1 Å². The van der Waals surface area contributed by atoms with Gasteiger partial charge in [-0.25, -0.2) is 0 Å². The van der Waals surface area contributed by atoms with E-state index in [4.69, 9.17) is 21.6 Å². The molecule has 2 aromatic rings. The fourth-order valence-corrected chi connectivity index (χ4v) is 2.11. The molecule has 23 heavy (non-hydrogen) atoms. The quantitative estimate of drug-likeness (QED) is 0.754. The van der Waals surface area contributed by atoms with Gasteiger partial charge in [0.25, 0.3) is 0 Å². The van der Waals surface area contributed by atoms with Crippen molar-refractivity contribution in [1.29, 1.82) is 5.26 Å². The second-order valence-electron chi connectivity index (χ2n) is 4.55. The smallest absolute Gasteiger partial charge is 0.417 e. The predicted molar refractivity (Wildman–Crippen MR) is 77.5 cm³/mol. The van der Waals surface area contributed by atoms with E-state index in [9.17, 15) is 18.0 Å². The average Bonchev–Trinajstić information content (AvgIpc) is 2.49. The zero-order valence-electron chi connectivity index (χ0n) is 11.5. The highest BCUT2D eigenvalue weighted by molar-refractivity contribution is 6.31. The fourth-order valence-electron chi connectivity index (χ4n) is 1.89. The number of carbonyl (C=O) groups is 1. The number of hydrogen-bond donors (Lipinski definition) is 0. The fraction of sp³-hybridized carbons (Fsp3) is 0.125. The molecule has 0 saturated carbocycles. The molecule has 0 aliphatic rings. The maximum Gasteiger partial charge on any atom is 0.417 e. The molecule has 0 aliphatic heterocycles. The van der Waals surface area contributed by atoms with Crippen LogP contribution in [0.25, 0.3) is 0 Å². The van der Waals surface area contributed by atoms with Crippen molar-refractivity contribution < 1.29 is 22.7 Å². The summed E-state index contributed by atoms with van der Waals surface area (Å²) in [6.45, 7) is 0. The second-order valence-corrected chi connectivity index (χ2v) is 4.96. The molecule has 0 atom stereocenters.